The number of cyclic esters (lactones) is 1. The number of esters is 1. The zero-order valence-corrected chi connectivity index (χ0v) is 33.3. The van der Waals surface area contributed by atoms with Crippen molar-refractivity contribution < 1.29 is 57.7 Å². The lowest BCUT2D eigenvalue weighted by molar-refractivity contribution is -0.316. The van der Waals surface area contributed by atoms with Crippen LogP contribution in [0.25, 0.3) is 0 Å². The van der Waals surface area contributed by atoms with Gasteiger partial charge in [-0.05, 0) is 87.9 Å². The summed E-state index contributed by atoms with van der Waals surface area (Å²) >= 11 is 0. The van der Waals surface area contributed by atoms with E-state index < -0.39 is 89.7 Å². The number of aliphatic hydroxyl groups is 2. The summed E-state index contributed by atoms with van der Waals surface area (Å²) in [5.74, 6) is -2.58. The van der Waals surface area contributed by atoms with Gasteiger partial charge in [0, 0.05) is 39.0 Å². The molecule has 4 rings (SSSR count). The molecule has 13 heteroatoms. The van der Waals surface area contributed by atoms with Crippen molar-refractivity contribution in [3.63, 3.8) is 0 Å². The average molecular weight is 728 g/mol. The predicted octanol–water partition coefficient (Wildman–Crippen LogP) is 3.75. The van der Waals surface area contributed by atoms with Crippen LogP contribution in [0.1, 0.15) is 94.9 Å². The maximum absolute atomic E-state index is 14.3. The molecule has 0 unspecified atom stereocenters. The fourth-order valence-electron chi connectivity index (χ4n) is 8.77. The molecular formula is C38H65NO12. The van der Waals surface area contributed by atoms with Crippen LogP contribution >= 0.6 is 0 Å². The third kappa shape index (κ3) is 8.07. The van der Waals surface area contributed by atoms with E-state index >= 15 is 0 Å². The van der Waals surface area contributed by atoms with Crippen molar-refractivity contribution in [3.05, 3.63) is 11.3 Å². The lowest BCUT2D eigenvalue weighted by Crippen LogP contribution is -2.60. The number of methoxy groups -OCH3 is 2. The Morgan fingerprint density at radius 3 is 2.18 bits per heavy atom. The summed E-state index contributed by atoms with van der Waals surface area (Å²) in [7, 11) is 6.80. The fraction of sp³-hybridized carbons (Fsp3) is 0.895. The topological polar surface area (TPSA) is 152 Å². The van der Waals surface area contributed by atoms with Crippen LogP contribution in [0.5, 0.6) is 0 Å². The molecule has 0 amide bonds. The SMILES string of the molecule is CC[C@H]1OC(=O)[C@H](C)[C@@H](O[C@H]2C[C@@](C)(OC)[C@@H](O)[C@H](C)O2)[C@H](C)[C@@H](O[C@@H]2O[C@H](C)C[C@H](N(C)C)[C@H]2O)[C@@]2(C)CC(C)=C(O2)[C@H](C)C(=O)[C@]1(C)OC. The molecule has 16 atom stereocenters. The second-order valence-electron chi connectivity index (χ2n) is 16.3. The fourth-order valence-corrected chi connectivity index (χ4v) is 8.77. The third-order valence-corrected chi connectivity index (χ3v) is 12.1. The van der Waals surface area contributed by atoms with Crippen molar-refractivity contribution in [2.75, 3.05) is 28.3 Å². The van der Waals surface area contributed by atoms with E-state index in [1.807, 2.05) is 53.6 Å². The summed E-state index contributed by atoms with van der Waals surface area (Å²) in [4.78, 5) is 30.5. The van der Waals surface area contributed by atoms with Gasteiger partial charge >= 0.3 is 5.97 Å². The molecular weight excluding hydrogens is 662 g/mol. The zero-order chi connectivity index (χ0) is 38.4. The lowest BCUT2D eigenvalue weighted by Gasteiger charge is -2.48. The zero-order valence-electron chi connectivity index (χ0n) is 33.3. The summed E-state index contributed by atoms with van der Waals surface area (Å²) in [6.07, 6.45) is -5.78. The van der Waals surface area contributed by atoms with Crippen molar-refractivity contribution in [1.82, 2.24) is 4.90 Å². The number of nitrogens with zero attached hydrogens (tertiary/aromatic N) is 1. The van der Waals surface area contributed by atoms with E-state index in [1.165, 1.54) is 14.2 Å². The molecule has 0 aliphatic carbocycles. The number of fused-ring (bicyclic) bond motifs is 2. The summed E-state index contributed by atoms with van der Waals surface area (Å²) in [5, 5.41) is 22.5. The van der Waals surface area contributed by atoms with Gasteiger partial charge in [0.25, 0.3) is 0 Å². The molecule has 4 aliphatic heterocycles. The largest absolute Gasteiger partial charge is 0.488 e. The Balaban J connectivity index is 1.86. The molecule has 3 saturated heterocycles. The van der Waals surface area contributed by atoms with E-state index in [0.717, 1.165) is 5.57 Å². The monoisotopic (exact) mass is 727 g/mol. The molecule has 0 radical (unpaired) electrons. The Bertz CT molecular complexity index is 1280. The standard InChI is InChI=1S/C38H65NO12/c1-15-26-38(10,45-14)31(41)21(4)29-19(2)17-37(9,51-29)33(50-35-28(40)25(39(11)12)16-20(3)46-35)22(5)30(23(6)34(43)48-26)49-27-18-36(8,44-13)32(42)24(7)47-27/h20-28,30,32-33,35,40,42H,15-18H2,1-14H3/t20-,21+,22+,23-,24+,25+,26-,27+,28-,30+,32+,33-,35+,36-,37-,38-/m1/s1. The van der Waals surface area contributed by atoms with Crippen molar-refractivity contribution in [2.45, 2.75) is 173 Å². The van der Waals surface area contributed by atoms with Crippen molar-refractivity contribution in [2.24, 2.45) is 17.8 Å². The quantitative estimate of drug-likeness (QED) is 0.350. The summed E-state index contributed by atoms with van der Waals surface area (Å²) in [6, 6.07) is -0.233. The molecule has 0 saturated carbocycles. The van der Waals surface area contributed by atoms with Gasteiger partial charge < -0.3 is 53.0 Å². The first kappa shape index (κ1) is 42.1. The van der Waals surface area contributed by atoms with Gasteiger partial charge in [0.15, 0.2) is 24.0 Å². The van der Waals surface area contributed by atoms with Crippen LogP contribution in [0.2, 0.25) is 0 Å². The maximum Gasteiger partial charge on any atom is 0.311 e. The summed E-state index contributed by atoms with van der Waals surface area (Å²) in [5.41, 5.74) is -2.65. The van der Waals surface area contributed by atoms with E-state index in [-0.39, 0.29) is 24.3 Å². The first-order valence-electron chi connectivity index (χ1n) is 18.6. The number of ether oxygens (including phenoxy) is 8. The van der Waals surface area contributed by atoms with Gasteiger partial charge in [0.05, 0.1) is 35.7 Å². The summed E-state index contributed by atoms with van der Waals surface area (Å²) < 4.78 is 50.8. The Hall–Kier alpha value is -1.68. The molecule has 13 nitrogen and oxygen atoms in total. The molecule has 0 aromatic rings. The van der Waals surface area contributed by atoms with Crippen molar-refractivity contribution >= 4 is 11.8 Å². The van der Waals surface area contributed by atoms with Gasteiger partial charge in [0.2, 0.25) is 0 Å². The van der Waals surface area contributed by atoms with Crippen LogP contribution in [0.15, 0.2) is 11.3 Å². The van der Waals surface area contributed by atoms with Gasteiger partial charge in [-0.1, -0.05) is 13.8 Å². The van der Waals surface area contributed by atoms with E-state index in [1.54, 1.807) is 34.6 Å². The normalized spacial score (nSPS) is 47.4. The lowest BCUT2D eigenvalue weighted by atomic mass is 9.79. The van der Waals surface area contributed by atoms with E-state index in [0.29, 0.717) is 25.0 Å². The molecule has 0 spiro atoms. The number of carbonyl (C=O) groups is 2. The van der Waals surface area contributed by atoms with Crippen LogP contribution < -0.4 is 0 Å². The highest BCUT2D eigenvalue weighted by Crippen LogP contribution is 2.47. The molecule has 2 N–H and O–H groups in total. The minimum atomic E-state index is -1.47. The predicted molar refractivity (Wildman–Crippen MR) is 187 cm³/mol. The Morgan fingerprint density at radius 2 is 1.61 bits per heavy atom. The molecule has 0 aromatic carbocycles. The third-order valence-electron chi connectivity index (χ3n) is 12.1. The molecule has 2 bridgehead atoms. The van der Waals surface area contributed by atoms with Crippen LogP contribution in [0, 0.1) is 17.8 Å². The number of likely N-dealkylation sites (N-methyl/N-ethyl adjacent to an activating group) is 1. The number of Topliss-reactive ketones (excluding diaryl/α,β-unsaturated/α-hetero) is 1. The number of rotatable bonds is 8. The van der Waals surface area contributed by atoms with E-state index in [2.05, 4.69) is 0 Å². The van der Waals surface area contributed by atoms with Gasteiger partial charge in [-0.3, -0.25) is 9.59 Å². The van der Waals surface area contributed by atoms with Gasteiger partial charge in [-0.2, -0.15) is 0 Å². The van der Waals surface area contributed by atoms with Crippen LogP contribution in [-0.4, -0.2) is 133 Å². The number of aliphatic hydroxyl groups excluding tert-OH is 2. The molecule has 294 valence electrons. The number of allylic oxidation sites excluding steroid dienone is 1. The molecule has 51 heavy (non-hydrogen) atoms. The Kier molecular flexibility index (Phi) is 13.2. The van der Waals surface area contributed by atoms with Crippen molar-refractivity contribution in [1.29, 1.82) is 0 Å². The molecule has 4 heterocycles. The second-order valence-corrected chi connectivity index (χ2v) is 16.3. The Labute approximate surface area is 304 Å². The van der Waals surface area contributed by atoms with Crippen LogP contribution in [-0.2, 0) is 47.5 Å². The van der Waals surface area contributed by atoms with Gasteiger partial charge in [-0.15, -0.1) is 0 Å². The first-order chi connectivity index (χ1) is 23.7. The number of hydrogen-bond donors (Lipinski definition) is 2. The second kappa shape index (κ2) is 16.0. The van der Waals surface area contributed by atoms with Crippen molar-refractivity contribution in [3.8, 4) is 0 Å². The number of ketones is 1. The smallest absolute Gasteiger partial charge is 0.311 e. The average Bonchev–Trinajstić information content (AvgIpc) is 3.40. The minimum absolute atomic E-state index is 0.182. The maximum atomic E-state index is 14.3. The molecule has 3 fully saturated rings. The van der Waals surface area contributed by atoms with E-state index in [9.17, 15) is 19.8 Å². The minimum Gasteiger partial charge on any atom is -0.488 e. The first-order valence-corrected chi connectivity index (χ1v) is 18.6. The van der Waals surface area contributed by atoms with Crippen LogP contribution in [0.3, 0.4) is 0 Å². The van der Waals surface area contributed by atoms with Gasteiger partial charge in [0.1, 0.15) is 35.8 Å². The molecule has 0 aromatic heterocycles. The molecule has 4 aliphatic rings. The highest BCUT2D eigenvalue weighted by molar-refractivity contribution is 5.92. The summed E-state index contributed by atoms with van der Waals surface area (Å²) in [6.45, 7) is 18.3. The number of hydrogen-bond acceptors (Lipinski definition) is 13. The van der Waals surface area contributed by atoms with Crippen LogP contribution in [0.4, 0.5) is 0 Å². The Morgan fingerprint density at radius 1 is 0.961 bits per heavy atom. The number of carbonyl (C=O) groups excluding carboxylic acids is 2. The highest BCUT2D eigenvalue weighted by atomic mass is 16.7. The van der Waals surface area contributed by atoms with E-state index in [4.69, 9.17) is 37.9 Å². The van der Waals surface area contributed by atoms with Gasteiger partial charge in [-0.25, -0.2) is 0 Å². The highest BCUT2D eigenvalue weighted by Gasteiger charge is 2.56.